The second kappa shape index (κ2) is 6.18. The summed E-state index contributed by atoms with van der Waals surface area (Å²) in [5.41, 5.74) is 0.577. The third-order valence-corrected chi connectivity index (χ3v) is 5.11. The number of oxazole rings is 1. The second-order valence-corrected chi connectivity index (χ2v) is 6.54. The van der Waals surface area contributed by atoms with Crippen LogP contribution in [-0.2, 0) is 14.3 Å². The molecule has 3 aliphatic rings. The molecule has 0 radical (unpaired) electrons. The van der Waals surface area contributed by atoms with Gasteiger partial charge in [-0.2, -0.15) is 0 Å². The van der Waals surface area contributed by atoms with Crippen LogP contribution in [0.3, 0.4) is 0 Å². The molecule has 3 aliphatic heterocycles. The lowest BCUT2D eigenvalue weighted by molar-refractivity contribution is -0.159. The molecule has 4 rings (SSSR count). The van der Waals surface area contributed by atoms with Gasteiger partial charge in [0, 0.05) is 32.3 Å². The van der Waals surface area contributed by atoms with Crippen molar-refractivity contribution in [3.63, 3.8) is 0 Å². The third kappa shape index (κ3) is 2.59. The number of nitrogens with zero attached hydrogens (tertiary/aromatic N) is 3. The topological polar surface area (TPSA) is 85.1 Å². The van der Waals surface area contributed by atoms with Crippen molar-refractivity contribution < 1.29 is 23.5 Å². The fourth-order valence-corrected chi connectivity index (χ4v) is 3.88. The summed E-state index contributed by atoms with van der Waals surface area (Å²) in [5, 5.41) is 0. The molecule has 1 aromatic heterocycles. The summed E-state index contributed by atoms with van der Waals surface area (Å²) in [6, 6.07) is 0.0752. The van der Waals surface area contributed by atoms with Gasteiger partial charge in [-0.25, -0.2) is 4.98 Å². The molecule has 0 saturated carbocycles. The van der Waals surface area contributed by atoms with Crippen molar-refractivity contribution in [2.24, 2.45) is 0 Å². The number of likely N-dealkylation sites (tertiary alicyclic amines) is 1. The van der Waals surface area contributed by atoms with Gasteiger partial charge in [0.2, 0.25) is 11.7 Å². The van der Waals surface area contributed by atoms with Gasteiger partial charge in [0.1, 0.15) is 6.61 Å². The molecular weight excluding hydrogens is 314 g/mol. The molecule has 4 heterocycles. The van der Waals surface area contributed by atoms with E-state index in [0.29, 0.717) is 32.0 Å². The van der Waals surface area contributed by atoms with Gasteiger partial charge in [0.05, 0.1) is 17.8 Å². The number of hydrogen-bond donors (Lipinski definition) is 0. The molecule has 8 heteroatoms. The molecular formula is C16H21N3O5. The van der Waals surface area contributed by atoms with E-state index in [4.69, 9.17) is 13.9 Å². The van der Waals surface area contributed by atoms with E-state index in [0.717, 1.165) is 12.8 Å². The van der Waals surface area contributed by atoms with E-state index in [1.165, 1.54) is 6.39 Å². The number of carbonyl (C=O) groups excluding carboxylic acids is 2. The normalized spacial score (nSPS) is 28.3. The predicted molar refractivity (Wildman–Crippen MR) is 81.4 cm³/mol. The molecule has 0 aliphatic carbocycles. The standard InChI is InChI=1S/C16H21N3O5/c1-10-15(24-9-17-10)16(21)18-6-12-13(7-18)23-8-14(20)19(12)11-2-4-22-5-3-11/h9,11-13H,2-8H2,1H3/t12-,13-/m0/s1. The SMILES string of the molecule is Cc1ncoc1C(=O)N1C[C@@H]2OCC(=O)N(C3CCOCC3)[C@H]2C1. The largest absolute Gasteiger partial charge is 0.438 e. The van der Waals surface area contributed by atoms with Crippen LogP contribution in [0.25, 0.3) is 0 Å². The summed E-state index contributed by atoms with van der Waals surface area (Å²) in [5.74, 6) is 0.0771. The number of fused-ring (bicyclic) bond motifs is 1. The smallest absolute Gasteiger partial charge is 0.291 e. The van der Waals surface area contributed by atoms with Crippen molar-refractivity contribution in [2.75, 3.05) is 32.9 Å². The lowest BCUT2D eigenvalue weighted by Gasteiger charge is -2.43. The highest BCUT2D eigenvalue weighted by molar-refractivity contribution is 5.92. The Kier molecular flexibility index (Phi) is 4.01. The van der Waals surface area contributed by atoms with Gasteiger partial charge in [0.25, 0.3) is 5.91 Å². The minimum atomic E-state index is -0.192. The number of aromatic nitrogens is 1. The Bertz CT molecular complexity index is 639. The first-order valence-corrected chi connectivity index (χ1v) is 8.35. The van der Waals surface area contributed by atoms with Crippen LogP contribution >= 0.6 is 0 Å². The molecule has 3 fully saturated rings. The summed E-state index contributed by atoms with van der Waals surface area (Å²) >= 11 is 0. The zero-order chi connectivity index (χ0) is 16.7. The van der Waals surface area contributed by atoms with E-state index < -0.39 is 0 Å². The first-order chi connectivity index (χ1) is 11.6. The van der Waals surface area contributed by atoms with Gasteiger partial charge < -0.3 is 23.7 Å². The minimum Gasteiger partial charge on any atom is -0.438 e. The van der Waals surface area contributed by atoms with Crippen molar-refractivity contribution >= 4 is 11.8 Å². The van der Waals surface area contributed by atoms with Gasteiger partial charge in [-0.15, -0.1) is 0 Å². The summed E-state index contributed by atoms with van der Waals surface area (Å²) in [6.07, 6.45) is 2.81. The molecule has 3 saturated heterocycles. The molecule has 8 nitrogen and oxygen atoms in total. The molecule has 2 atom stereocenters. The van der Waals surface area contributed by atoms with Crippen molar-refractivity contribution in [1.29, 1.82) is 0 Å². The highest BCUT2D eigenvalue weighted by atomic mass is 16.5. The number of morpholine rings is 1. The molecule has 0 unspecified atom stereocenters. The number of aryl methyl sites for hydroxylation is 1. The van der Waals surface area contributed by atoms with Crippen LogP contribution < -0.4 is 0 Å². The van der Waals surface area contributed by atoms with Gasteiger partial charge in [-0.1, -0.05) is 0 Å². The van der Waals surface area contributed by atoms with E-state index in [9.17, 15) is 9.59 Å². The third-order valence-electron chi connectivity index (χ3n) is 5.11. The van der Waals surface area contributed by atoms with Gasteiger partial charge >= 0.3 is 0 Å². The van der Waals surface area contributed by atoms with Crippen molar-refractivity contribution in [3.05, 3.63) is 17.8 Å². The van der Waals surface area contributed by atoms with Gasteiger partial charge in [0.15, 0.2) is 6.39 Å². The Balaban J connectivity index is 1.52. The maximum Gasteiger partial charge on any atom is 0.291 e. The molecule has 2 amide bonds. The fraction of sp³-hybridized carbons (Fsp3) is 0.688. The number of hydrogen-bond acceptors (Lipinski definition) is 6. The minimum absolute atomic E-state index is 0.00768. The summed E-state index contributed by atoms with van der Waals surface area (Å²) in [4.78, 5) is 32.7. The highest BCUT2D eigenvalue weighted by Gasteiger charge is 2.47. The Labute approximate surface area is 139 Å². The Morgan fingerprint density at radius 2 is 2.08 bits per heavy atom. The summed E-state index contributed by atoms with van der Waals surface area (Å²) in [7, 11) is 0. The van der Waals surface area contributed by atoms with E-state index in [2.05, 4.69) is 4.98 Å². The van der Waals surface area contributed by atoms with Crippen molar-refractivity contribution in [2.45, 2.75) is 38.0 Å². The summed E-state index contributed by atoms with van der Waals surface area (Å²) in [6.45, 7) is 4.11. The molecule has 24 heavy (non-hydrogen) atoms. The van der Waals surface area contributed by atoms with E-state index >= 15 is 0 Å². The molecule has 0 aromatic carbocycles. The Hall–Kier alpha value is -1.93. The first-order valence-electron chi connectivity index (χ1n) is 8.35. The van der Waals surface area contributed by atoms with Crippen LogP contribution in [0.4, 0.5) is 0 Å². The van der Waals surface area contributed by atoms with Crippen molar-refractivity contribution in [3.8, 4) is 0 Å². The first kappa shape index (κ1) is 15.6. The zero-order valence-electron chi connectivity index (χ0n) is 13.6. The average molecular weight is 335 g/mol. The molecule has 130 valence electrons. The number of carbonyl (C=O) groups is 2. The van der Waals surface area contributed by atoms with Crippen LogP contribution in [-0.4, -0.2) is 77.7 Å². The van der Waals surface area contributed by atoms with Crippen LogP contribution in [0.15, 0.2) is 10.8 Å². The monoisotopic (exact) mass is 335 g/mol. The van der Waals surface area contributed by atoms with Gasteiger partial charge in [-0.3, -0.25) is 9.59 Å². The van der Waals surface area contributed by atoms with Crippen LogP contribution in [0.5, 0.6) is 0 Å². The maximum atomic E-state index is 12.6. The summed E-state index contributed by atoms with van der Waals surface area (Å²) < 4.78 is 16.3. The number of amides is 2. The Morgan fingerprint density at radius 1 is 1.29 bits per heavy atom. The maximum absolute atomic E-state index is 12.6. The van der Waals surface area contributed by atoms with Crippen LogP contribution in [0, 0.1) is 6.92 Å². The quantitative estimate of drug-likeness (QED) is 0.768. The van der Waals surface area contributed by atoms with Crippen LogP contribution in [0.2, 0.25) is 0 Å². The predicted octanol–water partition coefficient (Wildman–Crippen LogP) is 0.214. The van der Waals surface area contributed by atoms with E-state index in [1.54, 1.807) is 11.8 Å². The lowest BCUT2D eigenvalue weighted by Crippen LogP contribution is -2.58. The Morgan fingerprint density at radius 3 is 2.79 bits per heavy atom. The van der Waals surface area contributed by atoms with E-state index in [1.807, 2.05) is 4.90 Å². The van der Waals surface area contributed by atoms with Gasteiger partial charge in [-0.05, 0) is 19.8 Å². The number of ether oxygens (including phenoxy) is 2. The van der Waals surface area contributed by atoms with E-state index in [-0.39, 0.29) is 42.4 Å². The number of rotatable bonds is 2. The lowest BCUT2D eigenvalue weighted by atomic mass is 10.0. The molecule has 0 N–H and O–H groups in total. The molecule has 1 aromatic rings. The fourth-order valence-electron chi connectivity index (χ4n) is 3.88. The zero-order valence-corrected chi connectivity index (χ0v) is 13.6. The highest BCUT2D eigenvalue weighted by Crippen LogP contribution is 2.29. The van der Waals surface area contributed by atoms with Crippen LogP contribution in [0.1, 0.15) is 29.1 Å². The van der Waals surface area contributed by atoms with Crippen molar-refractivity contribution in [1.82, 2.24) is 14.8 Å². The average Bonchev–Trinajstić information content (AvgIpc) is 3.21. The second-order valence-electron chi connectivity index (χ2n) is 6.54. The molecule has 0 spiro atoms. The molecule has 0 bridgehead atoms.